The van der Waals surface area contributed by atoms with Crippen molar-refractivity contribution in [2.45, 2.75) is 13.1 Å². The lowest BCUT2D eigenvalue weighted by atomic mass is 10.0. The van der Waals surface area contributed by atoms with Crippen LogP contribution in [0.5, 0.6) is 0 Å². The number of benzene rings is 2. The Bertz CT molecular complexity index is 575. The smallest absolute Gasteiger partial charge is 0.0433 e. The molecule has 0 aliphatic carbocycles. The summed E-state index contributed by atoms with van der Waals surface area (Å²) in [4.78, 5) is 2.34. The fourth-order valence-corrected chi connectivity index (χ4v) is 2.63. The molecule has 2 aromatic carbocycles. The van der Waals surface area contributed by atoms with Crippen LogP contribution in [0.15, 0.2) is 59.2 Å². The van der Waals surface area contributed by atoms with Crippen LogP contribution in [0.1, 0.15) is 16.7 Å². The third-order valence-corrected chi connectivity index (χ3v) is 3.67. The highest BCUT2D eigenvalue weighted by atomic mass is 79.9. The topological polar surface area (TPSA) is 3.24 Å². The molecular formula is C16H14BrN. The molecule has 1 heterocycles. The first kappa shape index (κ1) is 11.5. The largest absolute Gasteiger partial charge is 0.369 e. The average molecular weight is 300 g/mol. The van der Waals surface area contributed by atoms with E-state index in [4.69, 9.17) is 0 Å². The van der Waals surface area contributed by atoms with E-state index in [0.717, 1.165) is 17.6 Å². The summed E-state index contributed by atoms with van der Waals surface area (Å²) in [7, 11) is 0. The Balaban J connectivity index is 1.78. The number of hydrogen-bond acceptors (Lipinski definition) is 1. The maximum absolute atomic E-state index is 3.51. The van der Waals surface area contributed by atoms with Gasteiger partial charge in [-0.15, -0.1) is 0 Å². The summed E-state index contributed by atoms with van der Waals surface area (Å²) in [6.07, 6.45) is 4.37. The zero-order valence-corrected chi connectivity index (χ0v) is 11.6. The molecule has 0 spiro atoms. The Kier molecular flexibility index (Phi) is 3.20. The number of hydrogen-bond donors (Lipinski definition) is 0. The van der Waals surface area contributed by atoms with E-state index in [1.54, 1.807) is 0 Å². The summed E-state index contributed by atoms with van der Waals surface area (Å²) in [6, 6.07) is 17.1. The van der Waals surface area contributed by atoms with E-state index in [9.17, 15) is 0 Å². The van der Waals surface area contributed by atoms with Gasteiger partial charge in [0.25, 0.3) is 0 Å². The molecule has 0 amide bonds. The third kappa shape index (κ3) is 2.49. The Hall–Kier alpha value is -1.54. The standard InChI is InChI=1S/C16H14BrN/c17-16-7-6-15-12-18(9-8-14(15)10-16)11-13-4-2-1-3-5-13/h1-10H,11-12H2. The van der Waals surface area contributed by atoms with Crippen molar-refractivity contribution in [1.82, 2.24) is 4.90 Å². The van der Waals surface area contributed by atoms with E-state index in [0.29, 0.717) is 0 Å². The molecular weight excluding hydrogens is 286 g/mol. The predicted octanol–water partition coefficient (Wildman–Crippen LogP) is 4.44. The predicted molar refractivity (Wildman–Crippen MR) is 78.9 cm³/mol. The molecule has 1 nitrogen and oxygen atoms in total. The quantitative estimate of drug-likeness (QED) is 0.792. The summed E-state index contributed by atoms with van der Waals surface area (Å²) in [5.41, 5.74) is 4.05. The lowest BCUT2D eigenvalue weighted by Gasteiger charge is -2.25. The van der Waals surface area contributed by atoms with Crippen LogP contribution in [0.25, 0.3) is 6.08 Å². The molecule has 0 unspecified atom stereocenters. The van der Waals surface area contributed by atoms with E-state index < -0.39 is 0 Å². The number of rotatable bonds is 2. The van der Waals surface area contributed by atoms with Crippen molar-refractivity contribution in [3.8, 4) is 0 Å². The second-order valence-corrected chi connectivity index (χ2v) is 5.47. The van der Waals surface area contributed by atoms with E-state index in [1.807, 2.05) is 0 Å². The fourth-order valence-electron chi connectivity index (χ4n) is 2.25. The van der Waals surface area contributed by atoms with Crippen molar-refractivity contribution in [3.05, 3.63) is 75.9 Å². The van der Waals surface area contributed by atoms with E-state index >= 15 is 0 Å². The maximum Gasteiger partial charge on any atom is 0.0433 e. The molecule has 0 fully saturated rings. The average Bonchev–Trinajstić information content (AvgIpc) is 2.40. The molecule has 3 rings (SSSR count). The van der Waals surface area contributed by atoms with Gasteiger partial charge in [0.05, 0.1) is 0 Å². The van der Waals surface area contributed by atoms with Gasteiger partial charge in [0.2, 0.25) is 0 Å². The first-order valence-electron chi connectivity index (χ1n) is 6.06. The summed E-state index contributed by atoms with van der Waals surface area (Å²) < 4.78 is 1.14. The lowest BCUT2D eigenvalue weighted by Crippen LogP contribution is -2.19. The van der Waals surface area contributed by atoms with Crippen LogP contribution in [0.3, 0.4) is 0 Å². The van der Waals surface area contributed by atoms with Gasteiger partial charge >= 0.3 is 0 Å². The van der Waals surface area contributed by atoms with Gasteiger partial charge in [-0.25, -0.2) is 0 Å². The van der Waals surface area contributed by atoms with Crippen LogP contribution in [-0.4, -0.2) is 4.90 Å². The number of fused-ring (bicyclic) bond motifs is 1. The van der Waals surface area contributed by atoms with Crippen LogP contribution in [0.2, 0.25) is 0 Å². The zero-order valence-electron chi connectivity index (χ0n) is 10.0. The molecule has 0 N–H and O–H groups in total. The van der Waals surface area contributed by atoms with E-state index in [-0.39, 0.29) is 0 Å². The van der Waals surface area contributed by atoms with Gasteiger partial charge < -0.3 is 4.90 Å². The second kappa shape index (κ2) is 4.99. The van der Waals surface area contributed by atoms with E-state index in [1.165, 1.54) is 16.7 Å². The molecule has 0 saturated carbocycles. The van der Waals surface area contributed by atoms with Crippen LogP contribution in [0, 0.1) is 0 Å². The monoisotopic (exact) mass is 299 g/mol. The summed E-state index contributed by atoms with van der Waals surface area (Å²) in [5.74, 6) is 0. The Labute approximate surface area is 116 Å². The molecule has 90 valence electrons. The van der Waals surface area contributed by atoms with Crippen molar-refractivity contribution < 1.29 is 0 Å². The zero-order chi connectivity index (χ0) is 12.4. The molecule has 0 saturated heterocycles. The summed E-state index contributed by atoms with van der Waals surface area (Å²) in [5, 5.41) is 0. The number of halogens is 1. The first-order chi connectivity index (χ1) is 8.81. The van der Waals surface area contributed by atoms with Gasteiger partial charge in [0.15, 0.2) is 0 Å². The van der Waals surface area contributed by atoms with Crippen molar-refractivity contribution >= 4 is 22.0 Å². The van der Waals surface area contributed by atoms with Gasteiger partial charge in [-0.1, -0.05) is 52.3 Å². The highest BCUT2D eigenvalue weighted by molar-refractivity contribution is 9.10. The van der Waals surface area contributed by atoms with Crippen LogP contribution in [-0.2, 0) is 13.1 Å². The van der Waals surface area contributed by atoms with Gasteiger partial charge in [0.1, 0.15) is 0 Å². The molecule has 2 aromatic rings. The van der Waals surface area contributed by atoms with Gasteiger partial charge in [-0.3, -0.25) is 0 Å². The molecule has 1 aliphatic rings. The molecule has 2 heteroatoms. The third-order valence-electron chi connectivity index (χ3n) is 3.17. The number of nitrogens with zero attached hydrogens (tertiary/aromatic N) is 1. The van der Waals surface area contributed by atoms with Crippen molar-refractivity contribution in [1.29, 1.82) is 0 Å². The lowest BCUT2D eigenvalue weighted by molar-refractivity contribution is 0.359. The molecule has 0 atom stereocenters. The summed E-state index contributed by atoms with van der Waals surface area (Å²) >= 11 is 3.51. The van der Waals surface area contributed by atoms with Crippen LogP contribution >= 0.6 is 15.9 Å². The SMILES string of the molecule is Brc1ccc2c(c1)C=CN(Cc1ccccc1)C2. The molecule has 1 aliphatic heterocycles. The summed E-state index contributed by atoms with van der Waals surface area (Å²) in [6.45, 7) is 1.95. The minimum atomic E-state index is 0.965. The van der Waals surface area contributed by atoms with Gasteiger partial charge in [-0.2, -0.15) is 0 Å². The Morgan fingerprint density at radius 1 is 1.06 bits per heavy atom. The van der Waals surface area contributed by atoms with Crippen LogP contribution < -0.4 is 0 Å². The second-order valence-electron chi connectivity index (χ2n) is 4.55. The maximum atomic E-state index is 3.51. The highest BCUT2D eigenvalue weighted by Crippen LogP contribution is 2.24. The van der Waals surface area contributed by atoms with E-state index in [2.05, 4.69) is 81.6 Å². The Morgan fingerprint density at radius 3 is 2.72 bits per heavy atom. The molecule has 0 bridgehead atoms. The van der Waals surface area contributed by atoms with Crippen LogP contribution in [0.4, 0.5) is 0 Å². The van der Waals surface area contributed by atoms with Gasteiger partial charge in [0, 0.05) is 23.8 Å². The normalized spacial score (nSPS) is 13.5. The van der Waals surface area contributed by atoms with Gasteiger partial charge in [-0.05, 0) is 34.9 Å². The minimum absolute atomic E-state index is 0.965. The molecule has 0 aromatic heterocycles. The van der Waals surface area contributed by atoms with Crippen molar-refractivity contribution in [2.75, 3.05) is 0 Å². The molecule has 18 heavy (non-hydrogen) atoms. The molecule has 0 radical (unpaired) electrons. The Morgan fingerprint density at radius 2 is 1.89 bits per heavy atom. The first-order valence-corrected chi connectivity index (χ1v) is 6.85. The minimum Gasteiger partial charge on any atom is -0.369 e. The highest BCUT2D eigenvalue weighted by Gasteiger charge is 2.10. The van der Waals surface area contributed by atoms with Crippen molar-refractivity contribution in [3.63, 3.8) is 0 Å². The van der Waals surface area contributed by atoms with Crippen molar-refractivity contribution in [2.24, 2.45) is 0 Å². The fraction of sp³-hybridized carbons (Fsp3) is 0.125.